The molecule has 1 aromatic carbocycles. The number of nitrogens with one attached hydrogen (secondary N) is 1. The standard InChI is InChI=1S/C18H21N5O3/c24-16(13-21-18(25)26-14-15-5-2-1-3-6-15)22-9-11-23(12-10-22)17-19-7-4-8-20-17/h1-8H,9-14H2,(H,21,25). The highest BCUT2D eigenvalue weighted by Crippen LogP contribution is 2.09. The minimum Gasteiger partial charge on any atom is -0.445 e. The third kappa shape index (κ3) is 4.92. The molecule has 1 saturated heterocycles. The lowest BCUT2D eigenvalue weighted by Gasteiger charge is -2.34. The van der Waals surface area contributed by atoms with Gasteiger partial charge >= 0.3 is 6.09 Å². The molecule has 0 saturated carbocycles. The van der Waals surface area contributed by atoms with Crippen LogP contribution in [0, 0.1) is 0 Å². The van der Waals surface area contributed by atoms with Crippen LogP contribution in [0.5, 0.6) is 0 Å². The Balaban J connectivity index is 1.37. The van der Waals surface area contributed by atoms with Gasteiger partial charge in [-0.1, -0.05) is 30.3 Å². The summed E-state index contributed by atoms with van der Waals surface area (Å²) in [6.07, 6.45) is 2.80. The summed E-state index contributed by atoms with van der Waals surface area (Å²) in [5, 5.41) is 2.50. The summed E-state index contributed by atoms with van der Waals surface area (Å²) >= 11 is 0. The molecular weight excluding hydrogens is 334 g/mol. The number of rotatable bonds is 5. The van der Waals surface area contributed by atoms with Crippen molar-refractivity contribution in [3.8, 4) is 0 Å². The van der Waals surface area contributed by atoms with Gasteiger partial charge in [-0.3, -0.25) is 4.79 Å². The highest BCUT2D eigenvalue weighted by Gasteiger charge is 2.22. The number of carbonyl (C=O) groups excluding carboxylic acids is 2. The van der Waals surface area contributed by atoms with Gasteiger partial charge in [0.05, 0.1) is 0 Å². The van der Waals surface area contributed by atoms with Crippen LogP contribution >= 0.6 is 0 Å². The number of nitrogens with zero attached hydrogens (tertiary/aromatic N) is 4. The molecule has 1 aromatic heterocycles. The molecule has 0 atom stereocenters. The summed E-state index contributed by atoms with van der Waals surface area (Å²) in [6, 6.07) is 11.2. The van der Waals surface area contributed by atoms with Gasteiger partial charge in [0.15, 0.2) is 0 Å². The Bertz CT molecular complexity index is 718. The van der Waals surface area contributed by atoms with Crippen molar-refractivity contribution in [3.05, 3.63) is 54.4 Å². The molecule has 1 N–H and O–H groups in total. The highest BCUT2D eigenvalue weighted by molar-refractivity contribution is 5.82. The van der Waals surface area contributed by atoms with E-state index in [2.05, 4.69) is 15.3 Å². The predicted octanol–water partition coefficient (Wildman–Crippen LogP) is 1.05. The zero-order valence-corrected chi connectivity index (χ0v) is 14.4. The fraction of sp³-hybridized carbons (Fsp3) is 0.333. The lowest BCUT2D eigenvalue weighted by atomic mass is 10.2. The van der Waals surface area contributed by atoms with E-state index in [0.717, 1.165) is 5.56 Å². The zero-order chi connectivity index (χ0) is 18.2. The first-order valence-corrected chi connectivity index (χ1v) is 8.46. The third-order valence-corrected chi connectivity index (χ3v) is 4.06. The van der Waals surface area contributed by atoms with Crippen molar-refractivity contribution in [2.24, 2.45) is 0 Å². The number of carbonyl (C=O) groups is 2. The number of ether oxygens (including phenoxy) is 1. The average molecular weight is 355 g/mol. The van der Waals surface area contributed by atoms with E-state index in [-0.39, 0.29) is 19.1 Å². The summed E-state index contributed by atoms with van der Waals surface area (Å²) in [6.45, 7) is 2.56. The van der Waals surface area contributed by atoms with Crippen molar-refractivity contribution < 1.29 is 14.3 Å². The van der Waals surface area contributed by atoms with Crippen molar-refractivity contribution in [2.75, 3.05) is 37.6 Å². The highest BCUT2D eigenvalue weighted by atomic mass is 16.5. The molecule has 1 aliphatic heterocycles. The van der Waals surface area contributed by atoms with E-state index in [4.69, 9.17) is 4.74 Å². The van der Waals surface area contributed by atoms with Gasteiger partial charge in [-0.05, 0) is 11.6 Å². The van der Waals surface area contributed by atoms with E-state index in [1.807, 2.05) is 35.2 Å². The Morgan fingerprint density at radius 2 is 1.69 bits per heavy atom. The van der Waals surface area contributed by atoms with Crippen LogP contribution in [0.1, 0.15) is 5.56 Å². The first-order chi connectivity index (χ1) is 12.7. The third-order valence-electron chi connectivity index (χ3n) is 4.06. The number of piperazine rings is 1. The predicted molar refractivity (Wildman–Crippen MR) is 95.5 cm³/mol. The van der Waals surface area contributed by atoms with Gasteiger partial charge in [0.2, 0.25) is 11.9 Å². The summed E-state index contributed by atoms with van der Waals surface area (Å²) < 4.78 is 5.10. The SMILES string of the molecule is O=C(NCC(=O)N1CCN(c2ncccn2)CC1)OCc1ccccc1. The fourth-order valence-electron chi connectivity index (χ4n) is 2.64. The molecule has 2 aromatic rings. The molecule has 1 aliphatic rings. The topological polar surface area (TPSA) is 87.7 Å². The van der Waals surface area contributed by atoms with Crippen LogP contribution in [0.15, 0.2) is 48.8 Å². The smallest absolute Gasteiger partial charge is 0.407 e. The molecule has 0 radical (unpaired) electrons. The van der Waals surface area contributed by atoms with Crippen molar-refractivity contribution in [1.29, 1.82) is 0 Å². The second kappa shape index (κ2) is 8.80. The van der Waals surface area contributed by atoms with E-state index >= 15 is 0 Å². The number of alkyl carbamates (subject to hydrolysis) is 1. The van der Waals surface area contributed by atoms with Gasteiger partial charge in [0.25, 0.3) is 0 Å². The van der Waals surface area contributed by atoms with E-state index < -0.39 is 6.09 Å². The molecule has 8 nitrogen and oxygen atoms in total. The van der Waals surface area contributed by atoms with Crippen LogP contribution < -0.4 is 10.2 Å². The summed E-state index contributed by atoms with van der Waals surface area (Å²) in [5.74, 6) is 0.539. The molecule has 0 aliphatic carbocycles. The maximum Gasteiger partial charge on any atom is 0.407 e. The normalized spacial score (nSPS) is 14.0. The van der Waals surface area contributed by atoms with Crippen molar-refractivity contribution >= 4 is 17.9 Å². The molecule has 26 heavy (non-hydrogen) atoms. The van der Waals surface area contributed by atoms with Crippen LogP contribution in [-0.2, 0) is 16.1 Å². The van der Waals surface area contributed by atoms with E-state index in [9.17, 15) is 9.59 Å². The molecule has 136 valence electrons. The largest absolute Gasteiger partial charge is 0.445 e. The van der Waals surface area contributed by atoms with Crippen LogP contribution in [0.4, 0.5) is 10.7 Å². The lowest BCUT2D eigenvalue weighted by Crippen LogP contribution is -2.51. The Morgan fingerprint density at radius 1 is 1.00 bits per heavy atom. The summed E-state index contributed by atoms with van der Waals surface area (Å²) in [5.41, 5.74) is 0.897. The van der Waals surface area contributed by atoms with Gasteiger partial charge in [-0.25, -0.2) is 14.8 Å². The fourth-order valence-corrected chi connectivity index (χ4v) is 2.64. The maximum atomic E-state index is 12.2. The molecule has 1 fully saturated rings. The summed E-state index contributed by atoms with van der Waals surface area (Å²) in [4.78, 5) is 36.1. The zero-order valence-electron chi connectivity index (χ0n) is 14.4. The van der Waals surface area contributed by atoms with Gasteiger partial charge in [0.1, 0.15) is 13.2 Å². The second-order valence-corrected chi connectivity index (χ2v) is 5.83. The molecular formula is C18H21N5O3. The van der Waals surface area contributed by atoms with Crippen LogP contribution in [0.3, 0.4) is 0 Å². The van der Waals surface area contributed by atoms with E-state index in [0.29, 0.717) is 32.1 Å². The van der Waals surface area contributed by atoms with Gasteiger partial charge < -0.3 is 19.9 Å². The number of aromatic nitrogens is 2. The van der Waals surface area contributed by atoms with Gasteiger partial charge in [-0.2, -0.15) is 0 Å². The quantitative estimate of drug-likeness (QED) is 0.863. The van der Waals surface area contributed by atoms with Crippen molar-refractivity contribution in [3.63, 3.8) is 0 Å². The minimum atomic E-state index is -0.599. The number of anilines is 1. The molecule has 8 heteroatoms. The summed E-state index contributed by atoms with van der Waals surface area (Å²) in [7, 11) is 0. The average Bonchev–Trinajstić information content (AvgIpc) is 2.72. The number of hydrogen-bond donors (Lipinski definition) is 1. The monoisotopic (exact) mass is 355 g/mol. The maximum absolute atomic E-state index is 12.2. The first kappa shape index (κ1) is 17.7. The second-order valence-electron chi connectivity index (χ2n) is 5.83. The number of hydrogen-bond acceptors (Lipinski definition) is 6. The van der Waals surface area contributed by atoms with Crippen molar-refractivity contribution in [2.45, 2.75) is 6.61 Å². The van der Waals surface area contributed by atoms with E-state index in [1.54, 1.807) is 23.4 Å². The molecule has 0 bridgehead atoms. The Labute approximate surface area is 151 Å². The Morgan fingerprint density at radius 3 is 2.38 bits per heavy atom. The molecule has 0 spiro atoms. The Hall–Kier alpha value is -3.16. The van der Waals surface area contributed by atoms with Crippen LogP contribution in [0.2, 0.25) is 0 Å². The molecule has 3 rings (SSSR count). The molecule has 0 unspecified atom stereocenters. The van der Waals surface area contributed by atoms with Gasteiger partial charge in [-0.15, -0.1) is 0 Å². The molecule has 2 heterocycles. The first-order valence-electron chi connectivity index (χ1n) is 8.46. The van der Waals surface area contributed by atoms with Crippen LogP contribution in [0.25, 0.3) is 0 Å². The number of benzene rings is 1. The lowest BCUT2D eigenvalue weighted by molar-refractivity contribution is -0.130. The number of amides is 2. The van der Waals surface area contributed by atoms with Gasteiger partial charge in [0, 0.05) is 38.6 Å². The minimum absolute atomic E-state index is 0.0739. The Kier molecular flexibility index (Phi) is 5.97. The van der Waals surface area contributed by atoms with E-state index in [1.165, 1.54) is 0 Å². The van der Waals surface area contributed by atoms with Crippen LogP contribution in [-0.4, -0.2) is 59.6 Å². The molecule has 2 amide bonds. The van der Waals surface area contributed by atoms with Crippen molar-refractivity contribution in [1.82, 2.24) is 20.2 Å².